The fourth-order valence-electron chi connectivity index (χ4n) is 2.69. The lowest BCUT2D eigenvalue weighted by Crippen LogP contribution is -2.54. The predicted molar refractivity (Wildman–Crippen MR) is 92.4 cm³/mol. The molecule has 2 aromatic carbocycles. The predicted octanol–water partition coefficient (Wildman–Crippen LogP) is 1.38. The van der Waals surface area contributed by atoms with E-state index in [2.05, 4.69) is 16.0 Å². The van der Waals surface area contributed by atoms with Crippen LogP contribution in [0.2, 0.25) is 0 Å². The van der Waals surface area contributed by atoms with Crippen LogP contribution in [0.1, 0.15) is 10.4 Å². The summed E-state index contributed by atoms with van der Waals surface area (Å²) in [6.45, 7) is 1.14. The highest BCUT2D eigenvalue weighted by atomic mass is 16.5. The van der Waals surface area contributed by atoms with Crippen molar-refractivity contribution in [3.05, 3.63) is 42.0 Å². The highest BCUT2D eigenvalue weighted by molar-refractivity contribution is 6.16. The molecule has 6 nitrogen and oxygen atoms in total. The molecule has 0 saturated heterocycles. The fourth-order valence-corrected chi connectivity index (χ4v) is 2.69. The van der Waals surface area contributed by atoms with Crippen molar-refractivity contribution >= 4 is 27.7 Å². The van der Waals surface area contributed by atoms with E-state index in [0.29, 0.717) is 30.2 Å². The normalized spacial score (nSPS) is 10.8. The number of benzene rings is 2. The molecule has 0 atom stereocenters. The Kier molecular flexibility index (Phi) is 4.48. The molecule has 1 heterocycles. The zero-order chi connectivity index (χ0) is 17.1. The van der Waals surface area contributed by atoms with E-state index in [1.54, 1.807) is 14.2 Å². The Bertz CT molecular complexity index is 847. The number of amides is 1. The van der Waals surface area contributed by atoms with Crippen molar-refractivity contribution in [2.24, 2.45) is 0 Å². The molecule has 3 aromatic rings. The topological polar surface area (TPSA) is 88.1 Å². The summed E-state index contributed by atoms with van der Waals surface area (Å²) in [5, 5.41) is 4.39. The number of carbonyl (C=O) groups is 1. The van der Waals surface area contributed by atoms with E-state index in [1.807, 2.05) is 36.4 Å². The van der Waals surface area contributed by atoms with Crippen molar-refractivity contribution < 1.29 is 20.0 Å². The van der Waals surface area contributed by atoms with Gasteiger partial charge in [-0.15, -0.1) is 0 Å². The van der Waals surface area contributed by atoms with E-state index in [-0.39, 0.29) is 5.91 Å². The summed E-state index contributed by atoms with van der Waals surface area (Å²) in [6, 6.07) is 11.1. The molecule has 3 rings (SSSR count). The molecule has 0 fully saturated rings. The summed E-state index contributed by atoms with van der Waals surface area (Å²) >= 11 is 0. The second-order valence-electron chi connectivity index (χ2n) is 5.36. The van der Waals surface area contributed by atoms with Crippen molar-refractivity contribution in [1.29, 1.82) is 0 Å². The minimum atomic E-state index is -0.155. The van der Waals surface area contributed by atoms with Gasteiger partial charge < -0.3 is 20.5 Å². The number of rotatable bonds is 5. The second kappa shape index (κ2) is 6.72. The van der Waals surface area contributed by atoms with Gasteiger partial charge in [0.2, 0.25) is 0 Å². The van der Waals surface area contributed by atoms with Crippen LogP contribution in [-0.4, -0.2) is 38.2 Å². The van der Waals surface area contributed by atoms with E-state index in [4.69, 9.17) is 9.47 Å². The van der Waals surface area contributed by atoms with Crippen LogP contribution in [0.5, 0.6) is 11.5 Å². The molecule has 0 spiro atoms. The van der Waals surface area contributed by atoms with Crippen LogP contribution in [0.15, 0.2) is 36.4 Å². The first kappa shape index (κ1) is 16.0. The highest BCUT2D eigenvalue weighted by Crippen LogP contribution is 2.31. The maximum absolute atomic E-state index is 12.8. The van der Waals surface area contributed by atoms with Crippen LogP contribution in [0.3, 0.4) is 0 Å². The molecule has 0 aliphatic carbocycles. The van der Waals surface area contributed by atoms with E-state index in [0.717, 1.165) is 21.8 Å². The third kappa shape index (κ3) is 2.83. The standard InChI is InChI=1S/C18H19N3O3/c1-23-11-3-5-15-13(9-11)17(18(22)20-8-7-19)14-10-12(24-2)4-6-16(14)21-15/h3-6,9-10H,7-8,19H2,1-2H3,(H,20,22)/p+1. The number of hydrogen-bond donors (Lipinski definition) is 2. The largest absolute Gasteiger partial charge is 0.497 e. The summed E-state index contributed by atoms with van der Waals surface area (Å²) in [6.07, 6.45) is 0. The molecule has 24 heavy (non-hydrogen) atoms. The number of nitrogens with zero attached hydrogens (tertiary/aromatic N) is 1. The molecular formula is C18H20N3O3+. The van der Waals surface area contributed by atoms with Crippen LogP contribution in [0.25, 0.3) is 21.8 Å². The van der Waals surface area contributed by atoms with Crippen LogP contribution >= 0.6 is 0 Å². The molecule has 0 radical (unpaired) electrons. The number of quaternary nitrogens is 1. The lowest BCUT2D eigenvalue weighted by molar-refractivity contribution is -0.364. The number of methoxy groups -OCH3 is 2. The second-order valence-corrected chi connectivity index (χ2v) is 5.36. The Balaban J connectivity index is 2.34. The van der Waals surface area contributed by atoms with Gasteiger partial charge in [-0.1, -0.05) is 0 Å². The van der Waals surface area contributed by atoms with Gasteiger partial charge >= 0.3 is 0 Å². The molecule has 124 valence electrons. The van der Waals surface area contributed by atoms with E-state index >= 15 is 0 Å². The lowest BCUT2D eigenvalue weighted by Gasteiger charge is -2.12. The summed E-state index contributed by atoms with van der Waals surface area (Å²) < 4.78 is 10.6. The third-order valence-corrected chi connectivity index (χ3v) is 3.88. The minimum Gasteiger partial charge on any atom is -0.497 e. The lowest BCUT2D eigenvalue weighted by atomic mass is 10.0. The molecule has 1 aromatic heterocycles. The molecule has 0 unspecified atom stereocenters. The summed E-state index contributed by atoms with van der Waals surface area (Å²) in [5.74, 6) is 1.20. The molecule has 0 aliphatic heterocycles. The zero-order valence-corrected chi connectivity index (χ0v) is 13.8. The van der Waals surface area contributed by atoms with Gasteiger partial charge in [0.1, 0.15) is 11.5 Å². The van der Waals surface area contributed by atoms with Gasteiger partial charge in [-0.05, 0) is 36.4 Å². The first-order valence-electron chi connectivity index (χ1n) is 7.71. The summed E-state index contributed by atoms with van der Waals surface area (Å²) in [4.78, 5) is 17.4. The van der Waals surface area contributed by atoms with Crippen LogP contribution in [-0.2, 0) is 0 Å². The van der Waals surface area contributed by atoms with Crippen LogP contribution in [0.4, 0.5) is 0 Å². The Labute approximate surface area is 139 Å². The molecule has 1 amide bonds. The molecule has 4 N–H and O–H groups in total. The number of fused-ring (bicyclic) bond motifs is 2. The molecular weight excluding hydrogens is 306 g/mol. The van der Waals surface area contributed by atoms with Gasteiger partial charge in [0, 0.05) is 10.8 Å². The van der Waals surface area contributed by atoms with Crippen molar-refractivity contribution in [1.82, 2.24) is 10.3 Å². The van der Waals surface area contributed by atoms with Crippen LogP contribution in [0, 0.1) is 0 Å². The Morgan fingerprint density at radius 1 is 1.04 bits per heavy atom. The summed E-state index contributed by atoms with van der Waals surface area (Å²) in [7, 11) is 3.20. The zero-order valence-electron chi connectivity index (χ0n) is 13.8. The van der Waals surface area contributed by atoms with Gasteiger partial charge in [0.15, 0.2) is 0 Å². The first-order chi connectivity index (χ1) is 11.7. The summed E-state index contributed by atoms with van der Waals surface area (Å²) in [5.41, 5.74) is 5.82. The van der Waals surface area contributed by atoms with Gasteiger partial charge in [-0.2, -0.15) is 0 Å². The highest BCUT2D eigenvalue weighted by Gasteiger charge is 2.17. The number of carbonyl (C=O) groups excluding carboxylic acids is 1. The fraction of sp³-hybridized carbons (Fsp3) is 0.222. The molecule has 0 aliphatic rings. The van der Waals surface area contributed by atoms with E-state index < -0.39 is 0 Å². The van der Waals surface area contributed by atoms with Gasteiger partial charge in [0.25, 0.3) is 5.91 Å². The number of hydrogen-bond acceptors (Lipinski definition) is 4. The maximum atomic E-state index is 12.8. The van der Waals surface area contributed by atoms with Gasteiger partial charge in [-0.3, -0.25) is 4.79 Å². The van der Waals surface area contributed by atoms with Crippen molar-refractivity contribution in [2.45, 2.75) is 0 Å². The first-order valence-corrected chi connectivity index (χ1v) is 7.71. The SMILES string of the molecule is COc1ccc2nc3ccc(OC)cc3c(C(=O)NCC[NH3+])c2c1. The van der Waals surface area contributed by atoms with Gasteiger partial charge in [-0.25, -0.2) is 4.98 Å². The molecule has 6 heteroatoms. The smallest absolute Gasteiger partial charge is 0.252 e. The Hall–Kier alpha value is -2.86. The quantitative estimate of drug-likeness (QED) is 0.693. The Morgan fingerprint density at radius 2 is 1.58 bits per heavy atom. The number of ether oxygens (including phenoxy) is 2. The molecule has 0 saturated carbocycles. The third-order valence-electron chi connectivity index (χ3n) is 3.88. The number of aromatic nitrogens is 1. The van der Waals surface area contributed by atoms with E-state index in [9.17, 15) is 4.79 Å². The monoisotopic (exact) mass is 326 g/mol. The molecule has 0 bridgehead atoms. The van der Waals surface area contributed by atoms with Crippen molar-refractivity contribution in [3.63, 3.8) is 0 Å². The van der Waals surface area contributed by atoms with Crippen molar-refractivity contribution in [2.75, 3.05) is 27.3 Å². The average molecular weight is 326 g/mol. The average Bonchev–Trinajstić information content (AvgIpc) is 2.63. The van der Waals surface area contributed by atoms with Crippen molar-refractivity contribution in [3.8, 4) is 11.5 Å². The number of nitrogens with one attached hydrogen (secondary N) is 1. The van der Waals surface area contributed by atoms with Gasteiger partial charge in [0.05, 0.1) is 43.9 Å². The van der Waals surface area contributed by atoms with E-state index in [1.165, 1.54) is 0 Å². The van der Waals surface area contributed by atoms with Crippen LogP contribution < -0.4 is 20.5 Å². The maximum Gasteiger partial charge on any atom is 0.252 e. The number of pyridine rings is 1. The Morgan fingerprint density at radius 3 is 2.04 bits per heavy atom. The minimum absolute atomic E-state index is 0.155.